The molecular formula is C16H22NNaO3S. The smallest absolute Gasteiger partial charge is 0.768 e. The minimum Gasteiger partial charge on any atom is -0.768 e. The van der Waals surface area contributed by atoms with Crippen molar-refractivity contribution in [2.24, 2.45) is 0 Å². The average molecular weight is 331 g/mol. The van der Waals surface area contributed by atoms with Gasteiger partial charge in [-0.15, -0.1) is 0 Å². The number of hydrogen-bond acceptors (Lipinski definition) is 3. The molecule has 22 heavy (non-hydrogen) atoms. The summed E-state index contributed by atoms with van der Waals surface area (Å²) in [7, 11) is 0. The molecule has 2 rings (SSSR count). The number of rotatable bonds is 6. The van der Waals surface area contributed by atoms with Gasteiger partial charge in [-0.2, -0.15) is 0 Å². The summed E-state index contributed by atoms with van der Waals surface area (Å²) < 4.78 is 21.8. The number of benzene rings is 1. The average Bonchev–Trinajstić information content (AvgIpc) is 2.91. The second kappa shape index (κ2) is 9.18. The maximum Gasteiger partial charge on any atom is 1.00 e. The number of carbonyl (C=O) groups excluding carboxylic acids is 1. The van der Waals surface area contributed by atoms with E-state index < -0.39 is 11.1 Å². The first-order valence-electron chi connectivity index (χ1n) is 7.51. The van der Waals surface area contributed by atoms with Crippen molar-refractivity contribution in [1.29, 1.82) is 0 Å². The molecule has 6 heteroatoms. The Bertz CT molecular complexity index is 521. The summed E-state index contributed by atoms with van der Waals surface area (Å²) in [4.78, 5) is 14.1. The minimum absolute atomic E-state index is 0. The molecule has 0 bridgehead atoms. The van der Waals surface area contributed by atoms with E-state index in [2.05, 4.69) is 13.8 Å². The minimum atomic E-state index is -2.17. The van der Waals surface area contributed by atoms with Crippen LogP contribution < -0.4 is 29.6 Å². The third kappa shape index (κ3) is 4.90. The molecule has 1 aromatic carbocycles. The normalized spacial score (nSPS) is 18.7. The Kier molecular flexibility index (Phi) is 8.28. The fourth-order valence-corrected chi connectivity index (χ4v) is 3.42. The number of amides is 1. The van der Waals surface area contributed by atoms with Gasteiger partial charge in [-0.05, 0) is 60.9 Å². The molecule has 116 valence electrons. The van der Waals surface area contributed by atoms with Gasteiger partial charge in [0.2, 0.25) is 5.91 Å². The van der Waals surface area contributed by atoms with E-state index in [0.29, 0.717) is 17.2 Å². The third-order valence-corrected chi connectivity index (χ3v) is 4.96. The van der Waals surface area contributed by atoms with E-state index in [9.17, 15) is 13.6 Å². The number of hydrogen-bond donors (Lipinski definition) is 0. The van der Waals surface area contributed by atoms with Crippen molar-refractivity contribution in [1.82, 2.24) is 4.90 Å². The van der Waals surface area contributed by atoms with Crippen molar-refractivity contribution in [3.05, 3.63) is 29.8 Å². The van der Waals surface area contributed by atoms with Gasteiger partial charge in [0, 0.05) is 23.9 Å². The summed E-state index contributed by atoms with van der Waals surface area (Å²) in [5, 5.41) is 0. The van der Waals surface area contributed by atoms with E-state index >= 15 is 0 Å². The predicted molar refractivity (Wildman–Crippen MR) is 81.7 cm³/mol. The van der Waals surface area contributed by atoms with Crippen LogP contribution in [0.15, 0.2) is 29.2 Å². The van der Waals surface area contributed by atoms with Crippen LogP contribution in [0.2, 0.25) is 0 Å². The van der Waals surface area contributed by atoms with E-state index in [4.69, 9.17) is 0 Å². The maximum atomic E-state index is 11.8. The molecule has 1 fully saturated rings. The Morgan fingerprint density at radius 3 is 2.41 bits per heavy atom. The summed E-state index contributed by atoms with van der Waals surface area (Å²) in [5.74, 6) is 0.608. The number of carbonyl (C=O) groups is 1. The van der Waals surface area contributed by atoms with Gasteiger partial charge in [0.15, 0.2) is 0 Å². The van der Waals surface area contributed by atoms with Gasteiger partial charge < -0.3 is 9.45 Å². The van der Waals surface area contributed by atoms with Crippen LogP contribution >= 0.6 is 0 Å². The predicted octanol–water partition coefficient (Wildman–Crippen LogP) is -0.177. The monoisotopic (exact) mass is 331 g/mol. The van der Waals surface area contributed by atoms with E-state index in [0.717, 1.165) is 31.4 Å². The first-order valence-corrected chi connectivity index (χ1v) is 8.59. The second-order valence-corrected chi connectivity index (χ2v) is 6.63. The molecule has 1 aromatic rings. The Morgan fingerprint density at radius 1 is 1.32 bits per heavy atom. The van der Waals surface area contributed by atoms with Gasteiger partial charge in [-0.1, -0.05) is 19.1 Å². The van der Waals surface area contributed by atoms with Crippen LogP contribution in [-0.4, -0.2) is 32.2 Å². The topological polar surface area (TPSA) is 60.4 Å². The van der Waals surface area contributed by atoms with Crippen LogP contribution in [0.5, 0.6) is 0 Å². The summed E-state index contributed by atoms with van der Waals surface area (Å²) in [6.07, 6.45) is 3.53. The van der Waals surface area contributed by atoms with Gasteiger partial charge in [0.1, 0.15) is 0 Å². The molecule has 0 saturated carbocycles. The van der Waals surface area contributed by atoms with Crippen LogP contribution in [-0.2, 0) is 15.9 Å². The van der Waals surface area contributed by atoms with Crippen molar-refractivity contribution in [3.8, 4) is 0 Å². The van der Waals surface area contributed by atoms with Gasteiger partial charge in [0.25, 0.3) is 0 Å². The van der Waals surface area contributed by atoms with Gasteiger partial charge in [-0.25, -0.2) is 0 Å². The first kappa shape index (κ1) is 19.8. The fraction of sp³-hybridized carbons (Fsp3) is 0.562. The largest absolute Gasteiger partial charge is 1.00 e. The quantitative estimate of drug-likeness (QED) is 0.537. The molecule has 1 aliphatic rings. The summed E-state index contributed by atoms with van der Waals surface area (Å²) in [6, 6.07) is 7.30. The molecule has 1 heterocycles. The Labute approximate surface area is 157 Å². The van der Waals surface area contributed by atoms with Crippen molar-refractivity contribution < 1.29 is 43.1 Å². The van der Waals surface area contributed by atoms with Crippen LogP contribution in [0.4, 0.5) is 0 Å². The van der Waals surface area contributed by atoms with E-state index in [-0.39, 0.29) is 41.5 Å². The van der Waals surface area contributed by atoms with E-state index in [1.165, 1.54) is 0 Å². The van der Waals surface area contributed by atoms with Gasteiger partial charge in [-0.3, -0.25) is 9.00 Å². The molecule has 1 saturated heterocycles. The van der Waals surface area contributed by atoms with Gasteiger partial charge >= 0.3 is 29.6 Å². The number of likely N-dealkylation sites (tertiary alicyclic amines) is 1. The van der Waals surface area contributed by atoms with Crippen LogP contribution in [0, 0.1) is 0 Å². The van der Waals surface area contributed by atoms with Crippen molar-refractivity contribution >= 4 is 17.0 Å². The molecule has 0 spiro atoms. The zero-order chi connectivity index (χ0) is 15.4. The molecular weight excluding hydrogens is 309 g/mol. The molecule has 3 atom stereocenters. The molecule has 0 aliphatic carbocycles. The zero-order valence-electron chi connectivity index (χ0n) is 13.6. The second-order valence-electron chi connectivity index (χ2n) is 5.68. The SMILES string of the molecule is CCC(CC(C)N1CCCC1=O)c1ccc(S(=O)[O-])cc1.[Na+]. The third-order valence-electron chi connectivity index (χ3n) is 4.30. The van der Waals surface area contributed by atoms with Gasteiger partial charge in [0.05, 0.1) is 0 Å². The van der Waals surface area contributed by atoms with Crippen LogP contribution in [0.3, 0.4) is 0 Å². The van der Waals surface area contributed by atoms with Crippen molar-refractivity contribution in [2.75, 3.05) is 6.54 Å². The zero-order valence-corrected chi connectivity index (χ0v) is 16.4. The Morgan fingerprint density at radius 2 is 1.95 bits per heavy atom. The molecule has 0 N–H and O–H groups in total. The maximum absolute atomic E-state index is 11.8. The van der Waals surface area contributed by atoms with Crippen LogP contribution in [0.25, 0.3) is 0 Å². The molecule has 1 aliphatic heterocycles. The first-order chi connectivity index (χ1) is 10.0. The molecule has 0 radical (unpaired) electrons. The number of nitrogens with zero attached hydrogens (tertiary/aromatic N) is 1. The standard InChI is InChI=1S/C16H23NO3S.Na/c1-3-13(11-12(2)17-10-4-5-16(17)18)14-6-8-15(9-7-14)21(19)20;/h6-9,12-13H,3-5,10-11H2,1-2H3,(H,19,20);/q;+1/p-1. The van der Waals surface area contributed by atoms with E-state index in [1.807, 2.05) is 17.0 Å². The molecule has 0 aromatic heterocycles. The summed E-state index contributed by atoms with van der Waals surface area (Å²) in [5.41, 5.74) is 1.14. The van der Waals surface area contributed by atoms with Crippen molar-refractivity contribution in [2.45, 2.75) is 56.4 Å². The fourth-order valence-electron chi connectivity index (χ4n) is 3.06. The molecule has 3 unspecified atom stereocenters. The Balaban J connectivity index is 0.00000242. The Hall–Kier alpha value is -0.200. The summed E-state index contributed by atoms with van der Waals surface area (Å²) >= 11 is -2.17. The van der Waals surface area contributed by atoms with Crippen LogP contribution in [0.1, 0.15) is 51.0 Å². The molecule has 4 nitrogen and oxygen atoms in total. The summed E-state index contributed by atoms with van der Waals surface area (Å²) in [6.45, 7) is 5.10. The van der Waals surface area contributed by atoms with E-state index in [1.54, 1.807) is 12.1 Å². The van der Waals surface area contributed by atoms with Crippen molar-refractivity contribution in [3.63, 3.8) is 0 Å². The molecule has 1 amide bonds.